The van der Waals surface area contributed by atoms with Gasteiger partial charge in [-0.2, -0.15) is 0 Å². The molecule has 2 aliphatic heterocycles. The summed E-state index contributed by atoms with van der Waals surface area (Å²) in [6.45, 7) is 2.74. The van der Waals surface area contributed by atoms with Crippen molar-refractivity contribution >= 4 is 17.9 Å². The van der Waals surface area contributed by atoms with Gasteiger partial charge in [0.2, 0.25) is 6.79 Å². The molecule has 25 heavy (non-hydrogen) atoms. The van der Waals surface area contributed by atoms with Gasteiger partial charge in [0.15, 0.2) is 11.5 Å². The van der Waals surface area contributed by atoms with Gasteiger partial charge < -0.3 is 14.2 Å². The third-order valence-corrected chi connectivity index (χ3v) is 4.57. The Kier molecular flexibility index (Phi) is 3.80. The molecule has 0 fully saturated rings. The molecule has 0 aromatic heterocycles. The van der Waals surface area contributed by atoms with Crippen LogP contribution >= 0.6 is 0 Å². The van der Waals surface area contributed by atoms with Gasteiger partial charge in [0, 0.05) is 24.0 Å². The molecule has 2 aliphatic rings. The summed E-state index contributed by atoms with van der Waals surface area (Å²) >= 11 is 0. The minimum atomic E-state index is -0.0315. The third-order valence-electron chi connectivity index (χ3n) is 4.57. The predicted octanol–water partition coefficient (Wildman–Crippen LogP) is 3.74. The highest BCUT2D eigenvalue weighted by Crippen LogP contribution is 2.47. The summed E-state index contributed by atoms with van der Waals surface area (Å²) in [6, 6.07) is 11.8. The Morgan fingerprint density at radius 1 is 1.20 bits per heavy atom. The number of anilines is 1. The Bertz CT molecular complexity index is 850. The van der Waals surface area contributed by atoms with Gasteiger partial charge in [-0.1, -0.05) is 18.2 Å². The number of benzene rings is 2. The van der Waals surface area contributed by atoms with E-state index in [0.29, 0.717) is 30.4 Å². The fourth-order valence-electron chi connectivity index (χ4n) is 3.46. The van der Waals surface area contributed by atoms with Crippen molar-refractivity contribution in [3.05, 3.63) is 47.5 Å². The highest BCUT2D eigenvalue weighted by atomic mass is 16.7. The monoisotopic (exact) mass is 337 g/mol. The van der Waals surface area contributed by atoms with Crippen LogP contribution in [0, 0.1) is 10.8 Å². The molecule has 1 atom stereocenters. The topological polar surface area (TPSA) is 78.6 Å². The Labute approximate surface area is 146 Å². The minimum Gasteiger partial charge on any atom is -0.494 e. The second-order valence-corrected chi connectivity index (χ2v) is 5.94. The van der Waals surface area contributed by atoms with Crippen molar-refractivity contribution in [2.45, 2.75) is 19.3 Å². The number of ether oxygens (including phenoxy) is 3. The smallest absolute Gasteiger partial charge is 0.231 e. The van der Waals surface area contributed by atoms with E-state index in [2.05, 4.69) is 0 Å². The van der Waals surface area contributed by atoms with Crippen molar-refractivity contribution < 1.29 is 14.2 Å². The molecule has 4 rings (SSSR count). The Morgan fingerprint density at radius 3 is 2.72 bits per heavy atom. The molecule has 0 spiro atoms. The molecule has 6 nitrogen and oxygen atoms in total. The van der Waals surface area contributed by atoms with Gasteiger partial charge in [-0.3, -0.25) is 15.7 Å². The summed E-state index contributed by atoms with van der Waals surface area (Å²) in [5, 5.41) is 16.1. The van der Waals surface area contributed by atoms with E-state index >= 15 is 0 Å². The first-order valence-electron chi connectivity index (χ1n) is 8.25. The van der Waals surface area contributed by atoms with Crippen molar-refractivity contribution in [2.75, 3.05) is 18.3 Å². The van der Waals surface area contributed by atoms with Crippen LogP contribution in [0.5, 0.6) is 17.2 Å². The molecule has 0 radical (unpaired) electrons. The summed E-state index contributed by atoms with van der Waals surface area (Å²) < 4.78 is 16.8. The van der Waals surface area contributed by atoms with Crippen LogP contribution in [0.25, 0.3) is 0 Å². The SMILES string of the molecule is CCOc1ccccc1C1CC(=N)N(C=N)c2cc3c(cc21)OCO3. The molecule has 2 aromatic carbocycles. The van der Waals surface area contributed by atoms with E-state index < -0.39 is 0 Å². The molecule has 0 aliphatic carbocycles. The van der Waals surface area contributed by atoms with Crippen LogP contribution in [-0.2, 0) is 0 Å². The van der Waals surface area contributed by atoms with Crippen LogP contribution < -0.4 is 19.1 Å². The zero-order chi connectivity index (χ0) is 17.4. The first-order chi connectivity index (χ1) is 12.2. The van der Waals surface area contributed by atoms with Crippen LogP contribution in [0.1, 0.15) is 30.4 Å². The number of para-hydroxylation sites is 1. The average molecular weight is 337 g/mol. The molecule has 0 bridgehead atoms. The summed E-state index contributed by atoms with van der Waals surface area (Å²) in [6.07, 6.45) is 1.67. The zero-order valence-corrected chi connectivity index (χ0v) is 13.9. The lowest BCUT2D eigenvalue weighted by molar-refractivity contribution is 0.174. The standard InChI is InChI=1S/C19H19N3O3/c1-2-23-16-6-4-3-5-12(16)13-8-19(21)22(10-20)15-9-18-17(7-14(13)15)24-11-25-18/h3-7,9-10,13,20-21H,2,8,11H2,1H3. The molecule has 2 aromatic rings. The lowest BCUT2D eigenvalue weighted by atomic mass is 9.83. The van der Waals surface area contributed by atoms with Crippen molar-refractivity contribution in [2.24, 2.45) is 0 Å². The second kappa shape index (κ2) is 6.12. The predicted molar refractivity (Wildman–Crippen MR) is 95.6 cm³/mol. The van der Waals surface area contributed by atoms with Gasteiger partial charge in [-0.15, -0.1) is 0 Å². The van der Waals surface area contributed by atoms with Crippen molar-refractivity contribution in [3.63, 3.8) is 0 Å². The largest absolute Gasteiger partial charge is 0.494 e. The van der Waals surface area contributed by atoms with Crippen molar-refractivity contribution in [1.29, 1.82) is 10.8 Å². The Hall–Kier alpha value is -3.02. The van der Waals surface area contributed by atoms with E-state index in [1.165, 1.54) is 6.34 Å². The highest BCUT2D eigenvalue weighted by Gasteiger charge is 2.33. The molecule has 0 saturated carbocycles. The fraction of sp³-hybridized carbons (Fsp3) is 0.263. The fourth-order valence-corrected chi connectivity index (χ4v) is 3.46. The van der Waals surface area contributed by atoms with Gasteiger partial charge in [-0.25, -0.2) is 0 Å². The Balaban J connectivity index is 1.89. The van der Waals surface area contributed by atoms with Crippen LogP contribution in [0.15, 0.2) is 36.4 Å². The first kappa shape index (κ1) is 15.5. The van der Waals surface area contributed by atoms with E-state index in [-0.39, 0.29) is 12.7 Å². The van der Waals surface area contributed by atoms with Crippen molar-refractivity contribution in [3.8, 4) is 17.2 Å². The van der Waals surface area contributed by atoms with E-state index in [1.807, 2.05) is 43.3 Å². The molecular weight excluding hydrogens is 318 g/mol. The molecule has 128 valence electrons. The number of hydrogen-bond acceptors (Lipinski definition) is 5. The van der Waals surface area contributed by atoms with Gasteiger partial charge in [0.25, 0.3) is 0 Å². The maximum absolute atomic E-state index is 8.39. The number of nitrogens with zero attached hydrogens (tertiary/aromatic N) is 1. The van der Waals surface area contributed by atoms with E-state index in [0.717, 1.165) is 22.6 Å². The van der Waals surface area contributed by atoms with Crippen LogP contribution in [0.3, 0.4) is 0 Å². The lowest BCUT2D eigenvalue weighted by Crippen LogP contribution is -2.35. The van der Waals surface area contributed by atoms with Gasteiger partial charge >= 0.3 is 0 Å². The third kappa shape index (κ3) is 2.50. The van der Waals surface area contributed by atoms with Crippen molar-refractivity contribution in [1.82, 2.24) is 0 Å². The summed E-state index contributed by atoms with van der Waals surface area (Å²) in [5.74, 6) is 2.52. The lowest BCUT2D eigenvalue weighted by Gasteiger charge is -2.34. The van der Waals surface area contributed by atoms with Crippen LogP contribution in [0.2, 0.25) is 0 Å². The quantitative estimate of drug-likeness (QED) is 0.658. The number of nitrogens with one attached hydrogen (secondary N) is 2. The maximum Gasteiger partial charge on any atom is 0.231 e. The Morgan fingerprint density at radius 2 is 1.96 bits per heavy atom. The van der Waals surface area contributed by atoms with Gasteiger partial charge in [0.05, 0.1) is 18.6 Å². The van der Waals surface area contributed by atoms with Crippen LogP contribution in [-0.4, -0.2) is 25.6 Å². The van der Waals surface area contributed by atoms with Gasteiger partial charge in [0.1, 0.15) is 11.6 Å². The number of rotatable bonds is 4. The molecular formula is C19H19N3O3. The minimum absolute atomic E-state index is 0.0315. The van der Waals surface area contributed by atoms with E-state index in [4.69, 9.17) is 25.0 Å². The first-order valence-corrected chi connectivity index (χ1v) is 8.25. The molecule has 6 heteroatoms. The maximum atomic E-state index is 8.39. The summed E-state index contributed by atoms with van der Waals surface area (Å²) in [5.41, 5.74) is 2.83. The molecule has 2 heterocycles. The molecule has 2 N–H and O–H groups in total. The van der Waals surface area contributed by atoms with E-state index in [1.54, 1.807) is 4.90 Å². The summed E-state index contributed by atoms with van der Waals surface area (Å²) in [7, 11) is 0. The van der Waals surface area contributed by atoms with E-state index in [9.17, 15) is 0 Å². The second-order valence-electron chi connectivity index (χ2n) is 5.94. The highest BCUT2D eigenvalue weighted by molar-refractivity contribution is 6.12. The molecule has 1 unspecified atom stereocenters. The zero-order valence-electron chi connectivity index (χ0n) is 13.9. The molecule has 0 saturated heterocycles. The van der Waals surface area contributed by atoms with Gasteiger partial charge in [-0.05, 0) is 24.6 Å². The molecule has 0 amide bonds. The average Bonchev–Trinajstić information content (AvgIpc) is 3.08. The number of hydrogen-bond donors (Lipinski definition) is 2. The summed E-state index contributed by atoms with van der Waals surface area (Å²) in [4.78, 5) is 1.58. The van der Waals surface area contributed by atoms with Crippen LogP contribution in [0.4, 0.5) is 5.69 Å². The number of amidine groups is 1. The normalized spacial score (nSPS) is 18.0. The number of fused-ring (bicyclic) bond motifs is 2.